The summed E-state index contributed by atoms with van der Waals surface area (Å²) in [5, 5.41) is 0. The summed E-state index contributed by atoms with van der Waals surface area (Å²) in [5.41, 5.74) is 47.4. The number of benzene rings is 4. The van der Waals surface area contributed by atoms with E-state index in [2.05, 4.69) is 192 Å². The van der Waals surface area contributed by atoms with Gasteiger partial charge >= 0.3 is 74.2 Å². The number of imidazole rings is 4. The number of nitrogens with one attached hydrogen (secondary N) is 8. The monoisotopic (exact) mass is 1520 g/mol. The second-order valence-corrected chi connectivity index (χ2v) is 22.2. The molecular weight excluding hydrogens is 1470 g/mol. The molecule has 0 aliphatic heterocycles. The van der Waals surface area contributed by atoms with E-state index < -0.39 is 24.4 Å². The van der Waals surface area contributed by atoms with Gasteiger partial charge in [-0.2, -0.15) is 34.3 Å². The zero-order chi connectivity index (χ0) is 66.1. The van der Waals surface area contributed by atoms with Gasteiger partial charge in [-0.05, 0) is 126 Å². The number of methoxy groups -OCH3 is 4. The van der Waals surface area contributed by atoms with Gasteiger partial charge in [0.15, 0.2) is 0 Å². The van der Waals surface area contributed by atoms with Gasteiger partial charge in [0.2, 0.25) is 24.4 Å². The molecule has 0 fully saturated rings. The number of H-pyrrole nitrogens is 4. The van der Waals surface area contributed by atoms with E-state index in [0.29, 0.717) is 22.3 Å². The largest absolute Gasteiger partial charge is 2.00 e. The summed E-state index contributed by atoms with van der Waals surface area (Å²) in [6.07, 6.45) is -0.485. The molecule has 488 valence electrons. The van der Waals surface area contributed by atoms with Gasteiger partial charge in [-0.25, -0.2) is 44.0 Å². The molecule has 0 saturated heterocycles. The Bertz CT molecular complexity index is 4340. The van der Waals surface area contributed by atoms with Gasteiger partial charge in [0.25, 0.3) is 0 Å². The van der Waals surface area contributed by atoms with Crippen LogP contribution in [0.25, 0.3) is 134 Å². The van der Waals surface area contributed by atoms with Crippen molar-refractivity contribution >= 4 is 127 Å². The SMILES string of the molecule is C.COC([NH-])=O.COC([NH-])=O.COC([NH-])=O.COC([NH-])=O.O=[C-]Pc1ncc(-c2ccc(-c3cc4ccc(-c5ccc6nc(P[C-]=O)[nH]c6c5)ccc-4c3)cc2)[nH]1.O=[C-]Pc1ncc(-c2ccc3cc(-c4ccc(-c5ccc6nc(P[C-]=O)[nH]c6c5)cc4)cc-3cc2)[nH]1.[V+2].[V+2].[V+2].[V+2]. The number of aromatic nitrogens is 8. The van der Waals surface area contributed by atoms with Crippen LogP contribution >= 0.6 is 34.3 Å². The maximum Gasteiger partial charge on any atom is 2.00 e. The Morgan fingerprint density at radius 3 is 0.804 bits per heavy atom. The number of ether oxygens (including phenoxy) is 4. The molecule has 4 amide bonds. The van der Waals surface area contributed by atoms with E-state index in [0.717, 1.165) is 140 Å². The van der Waals surface area contributed by atoms with Crippen LogP contribution in [0.2, 0.25) is 0 Å². The average Bonchev–Trinajstić information content (AvgIpc) is 1.72. The Labute approximate surface area is 612 Å². The molecular formula is C65H56N12O12P4V4. The van der Waals surface area contributed by atoms with E-state index in [1.807, 2.05) is 48.4 Å². The van der Waals surface area contributed by atoms with Crippen molar-refractivity contribution in [1.82, 2.24) is 39.9 Å². The third kappa shape index (κ3) is 25.1. The second-order valence-electron chi connectivity index (χ2n) is 18.5. The Hall–Kier alpha value is -8.54. The topological polar surface area (TPSA) is 383 Å². The summed E-state index contributed by atoms with van der Waals surface area (Å²) in [5.74, 6) is 0. The van der Waals surface area contributed by atoms with Crippen LogP contribution < -0.4 is 22.3 Å². The Morgan fingerprint density at radius 2 is 0.546 bits per heavy atom. The van der Waals surface area contributed by atoms with Crippen molar-refractivity contribution in [2.45, 2.75) is 7.43 Å². The molecule has 24 nitrogen and oxygen atoms in total. The van der Waals surface area contributed by atoms with Gasteiger partial charge in [-0.1, -0.05) is 117 Å². The fraction of sp³-hybridized carbons (Fsp3) is 0.0769. The summed E-state index contributed by atoms with van der Waals surface area (Å²) in [4.78, 5) is 110. The maximum absolute atomic E-state index is 10.7. The summed E-state index contributed by atoms with van der Waals surface area (Å²) < 4.78 is 15.1. The number of nitrogens with zero attached hydrogens (tertiary/aromatic N) is 4. The van der Waals surface area contributed by atoms with Crippen molar-refractivity contribution in [3.8, 4) is 89.3 Å². The molecule has 4 aromatic carbocycles. The van der Waals surface area contributed by atoms with Gasteiger partial charge in [0.1, 0.15) is 0 Å². The van der Waals surface area contributed by atoms with Gasteiger partial charge < -0.3 is 81.0 Å². The van der Waals surface area contributed by atoms with E-state index in [4.69, 9.17) is 22.9 Å². The fourth-order valence-electron chi connectivity index (χ4n) is 8.65. The zero-order valence-electron chi connectivity index (χ0n) is 50.6. The van der Waals surface area contributed by atoms with E-state index >= 15 is 0 Å². The molecule has 8 aromatic rings. The van der Waals surface area contributed by atoms with Crippen LogP contribution in [0.5, 0.6) is 0 Å². The summed E-state index contributed by atoms with van der Waals surface area (Å²) in [6.45, 7) is 0. The van der Waals surface area contributed by atoms with Crippen LogP contribution in [0.3, 0.4) is 0 Å². The molecule has 4 aliphatic rings. The van der Waals surface area contributed by atoms with E-state index in [9.17, 15) is 38.4 Å². The summed E-state index contributed by atoms with van der Waals surface area (Å²) in [7, 11) is 4.30. The predicted octanol–water partition coefficient (Wildman–Crippen LogP) is 14.1. The molecule has 4 radical (unpaired) electrons. The smallest absolute Gasteiger partial charge is 0.632 e. The van der Waals surface area contributed by atoms with Crippen LogP contribution in [0.15, 0.2) is 170 Å². The number of amides is 4. The first-order valence-corrected chi connectivity index (χ1v) is 30.6. The number of aromatic amines is 4. The van der Waals surface area contributed by atoms with Crippen molar-refractivity contribution in [2.75, 3.05) is 28.4 Å². The molecule has 4 aromatic heterocycles. The first kappa shape index (κ1) is 84.5. The number of rotatable bonds is 14. The van der Waals surface area contributed by atoms with Crippen molar-refractivity contribution in [3.05, 3.63) is 193 Å². The third-order valence-electron chi connectivity index (χ3n) is 12.9. The predicted molar refractivity (Wildman–Crippen MR) is 371 cm³/mol. The molecule has 4 aliphatic carbocycles. The van der Waals surface area contributed by atoms with Gasteiger partial charge in [-0.15, -0.1) is 0 Å². The standard InChI is InChI=1S/2C28H18N4O2P2.4C2H5NO2.CH4.4V/c33-15-35-27-29-14-26(32-27)19-5-1-18(2-6-19)23-11-20-7-3-17(4-8-21(20)12-23)22-9-10-24-25(13-22)31-28(30-24)36-16-34;33-15-35-27-29-14-26(32-27)19-5-7-20-11-23(12-21(20)8-6-19)18-3-1-17(2-4-18)22-9-10-24-25(13-22)31-28(30-24)36-16-34;4*1-5-2(3)4;;;;;/h2*1-14,35-36H,(H,29,32)(H,30,31);4*1H3,(H2,3,4);1H4;;;;/q2*-2;;;;;;4*+2/p-4. The summed E-state index contributed by atoms with van der Waals surface area (Å²) in [6, 6.07) is 62.2. The molecule has 32 heteroatoms. The molecule has 0 saturated carbocycles. The van der Waals surface area contributed by atoms with Gasteiger partial charge in [0, 0.05) is 0 Å². The number of hydrogen-bond acceptors (Lipinski definition) is 16. The quantitative estimate of drug-likeness (QED) is 0.0446. The molecule has 8 N–H and O–H groups in total. The Balaban J connectivity index is 0.000000496. The van der Waals surface area contributed by atoms with Crippen LogP contribution in [-0.2, 0) is 112 Å². The van der Waals surface area contributed by atoms with Crippen LogP contribution in [0.4, 0.5) is 19.2 Å². The molecule has 0 bridgehead atoms. The van der Waals surface area contributed by atoms with Crippen molar-refractivity contribution < 1.29 is 132 Å². The van der Waals surface area contributed by atoms with Gasteiger partial charge in [0.05, 0.1) is 96.5 Å². The molecule has 12 rings (SSSR count). The number of hydrogen-bond donors (Lipinski definition) is 4. The van der Waals surface area contributed by atoms with Crippen LogP contribution in [0.1, 0.15) is 7.43 Å². The van der Waals surface area contributed by atoms with E-state index in [1.165, 1.54) is 0 Å². The Kier molecular flexibility index (Phi) is 37.4. The Morgan fingerprint density at radius 1 is 0.330 bits per heavy atom. The molecule has 4 atom stereocenters. The van der Waals surface area contributed by atoms with E-state index in [1.54, 1.807) is 12.4 Å². The third-order valence-corrected chi connectivity index (χ3v) is 15.3. The first-order valence-electron chi connectivity index (χ1n) is 26.6. The van der Waals surface area contributed by atoms with Crippen LogP contribution in [0, 0.1) is 0 Å². The second kappa shape index (κ2) is 42.9. The van der Waals surface area contributed by atoms with Crippen molar-refractivity contribution in [2.24, 2.45) is 0 Å². The van der Waals surface area contributed by atoms with Crippen LogP contribution in [-0.4, -0.2) is 117 Å². The normalized spacial score (nSPS) is 10.2. The molecule has 4 unspecified atom stereocenters. The first-order chi connectivity index (χ1) is 44.5. The number of carbonyl (C=O) groups is 4. The van der Waals surface area contributed by atoms with Gasteiger partial charge in [-0.3, -0.25) is 19.2 Å². The number of carbonyl (C=O) groups excluding carboxylic acids is 8. The maximum atomic E-state index is 10.7. The van der Waals surface area contributed by atoms with E-state index in [-0.39, 0.29) is 116 Å². The summed E-state index contributed by atoms with van der Waals surface area (Å²) >= 11 is 0. The number of fused-ring (bicyclic) bond motifs is 4. The zero-order valence-corrected chi connectivity index (χ0v) is 60.2. The molecule has 0 spiro atoms. The minimum absolute atomic E-state index is 0. The minimum atomic E-state index is -0.995. The minimum Gasteiger partial charge on any atom is -0.632 e. The molecule has 4 heterocycles. The fourth-order valence-corrected chi connectivity index (χ4v) is 10.4. The molecule has 97 heavy (non-hydrogen) atoms. The average molecular weight is 1520 g/mol. The van der Waals surface area contributed by atoms with Crippen molar-refractivity contribution in [3.63, 3.8) is 0 Å². The van der Waals surface area contributed by atoms with Crippen molar-refractivity contribution in [1.29, 1.82) is 0 Å².